The number of aromatic nitrogens is 2. The summed E-state index contributed by atoms with van der Waals surface area (Å²) in [5, 5.41) is 5.27. The molecule has 0 aliphatic rings. The van der Waals surface area contributed by atoms with Crippen molar-refractivity contribution in [1.82, 2.24) is 15.3 Å². The first kappa shape index (κ1) is 21.2. The lowest BCUT2D eigenvalue weighted by Crippen LogP contribution is -2.18. The highest BCUT2D eigenvalue weighted by Crippen LogP contribution is 2.32. The maximum absolute atomic E-state index is 13.1. The maximum Gasteiger partial charge on any atom is 0.416 e. The minimum atomic E-state index is -4.45. The Morgan fingerprint density at radius 3 is 2.66 bits per heavy atom. The van der Waals surface area contributed by atoms with E-state index in [-0.39, 0.29) is 29.7 Å². The van der Waals surface area contributed by atoms with Crippen LogP contribution in [0.2, 0.25) is 0 Å². The van der Waals surface area contributed by atoms with Crippen molar-refractivity contribution < 1.29 is 27.1 Å². The fourth-order valence-corrected chi connectivity index (χ4v) is 3.03. The van der Waals surface area contributed by atoms with Crippen LogP contribution in [-0.4, -0.2) is 22.9 Å². The van der Waals surface area contributed by atoms with Gasteiger partial charge in [-0.2, -0.15) is 18.2 Å². The predicted molar refractivity (Wildman–Crippen MR) is 110 cm³/mol. The molecule has 0 aliphatic heterocycles. The van der Waals surface area contributed by atoms with Gasteiger partial charge in [0, 0.05) is 31.9 Å². The highest BCUT2D eigenvalue weighted by Gasteiger charge is 2.32. The summed E-state index contributed by atoms with van der Waals surface area (Å²) in [7, 11) is 1.50. The topological polar surface area (TPSA) is 89.3 Å². The van der Waals surface area contributed by atoms with E-state index in [0.29, 0.717) is 22.6 Å². The summed E-state index contributed by atoms with van der Waals surface area (Å²) in [5.74, 6) is 0.486. The molecule has 0 fully saturated rings. The summed E-state index contributed by atoms with van der Waals surface area (Å²) in [5.41, 5.74) is 0.458. The number of rotatable bonds is 6. The standard InChI is InChI=1S/C22H17F3N4O3/c1-26-20(30)18-10-15(8-9-27-18)31-14-6-7-17-19(11-14)32-21(29-17)28-12-13-4-2-3-5-16(13)22(23,24)25/h2-11H,12H2,1H3,(H,26,30)(H,28,29). The predicted octanol–water partition coefficient (Wildman–Crippen LogP) is 5.01. The van der Waals surface area contributed by atoms with E-state index >= 15 is 0 Å². The Kier molecular flexibility index (Phi) is 5.67. The van der Waals surface area contributed by atoms with E-state index in [9.17, 15) is 18.0 Å². The maximum atomic E-state index is 13.1. The fourth-order valence-electron chi connectivity index (χ4n) is 3.03. The van der Waals surface area contributed by atoms with Crippen LogP contribution in [0.25, 0.3) is 11.1 Å². The van der Waals surface area contributed by atoms with Crippen molar-refractivity contribution in [3.8, 4) is 11.5 Å². The van der Waals surface area contributed by atoms with Gasteiger partial charge in [-0.15, -0.1) is 0 Å². The van der Waals surface area contributed by atoms with E-state index in [1.165, 1.54) is 37.5 Å². The molecule has 2 aromatic carbocycles. The summed E-state index contributed by atoms with van der Waals surface area (Å²) in [6.07, 6.45) is -3.00. The lowest BCUT2D eigenvalue weighted by atomic mass is 10.1. The molecule has 10 heteroatoms. The van der Waals surface area contributed by atoms with Crippen molar-refractivity contribution in [3.05, 3.63) is 77.6 Å². The SMILES string of the molecule is CNC(=O)c1cc(Oc2ccc3nc(NCc4ccccc4C(F)(F)F)oc3c2)ccn1. The average molecular weight is 442 g/mol. The molecular formula is C22H17F3N4O3. The first-order valence-corrected chi connectivity index (χ1v) is 9.49. The third kappa shape index (κ3) is 4.64. The van der Waals surface area contributed by atoms with Crippen molar-refractivity contribution in [2.24, 2.45) is 0 Å². The smallest absolute Gasteiger partial charge is 0.416 e. The fraction of sp³-hybridized carbons (Fsp3) is 0.136. The number of fused-ring (bicyclic) bond motifs is 1. The van der Waals surface area contributed by atoms with E-state index in [4.69, 9.17) is 9.15 Å². The number of amides is 1. The molecular weight excluding hydrogens is 425 g/mol. The van der Waals surface area contributed by atoms with Gasteiger partial charge in [-0.1, -0.05) is 18.2 Å². The Bertz CT molecular complexity index is 1270. The zero-order valence-electron chi connectivity index (χ0n) is 16.7. The third-order valence-corrected chi connectivity index (χ3v) is 4.54. The minimum Gasteiger partial charge on any atom is -0.457 e. The van der Waals surface area contributed by atoms with Gasteiger partial charge in [0.1, 0.15) is 22.7 Å². The van der Waals surface area contributed by atoms with E-state index in [0.717, 1.165) is 6.07 Å². The average Bonchev–Trinajstić information content (AvgIpc) is 3.19. The highest BCUT2D eigenvalue weighted by molar-refractivity contribution is 5.92. The van der Waals surface area contributed by atoms with Crippen LogP contribution in [0, 0.1) is 0 Å². The number of benzene rings is 2. The van der Waals surface area contributed by atoms with E-state index in [2.05, 4.69) is 20.6 Å². The molecule has 0 radical (unpaired) electrons. The molecule has 4 rings (SSSR count). The zero-order chi connectivity index (χ0) is 22.7. The van der Waals surface area contributed by atoms with Crippen LogP contribution in [0.5, 0.6) is 11.5 Å². The van der Waals surface area contributed by atoms with Crippen LogP contribution in [-0.2, 0) is 12.7 Å². The lowest BCUT2D eigenvalue weighted by molar-refractivity contribution is -0.138. The Hall–Kier alpha value is -4.08. The van der Waals surface area contributed by atoms with Crippen LogP contribution < -0.4 is 15.4 Å². The Morgan fingerprint density at radius 1 is 1.09 bits per heavy atom. The number of nitrogens with one attached hydrogen (secondary N) is 2. The molecule has 0 bridgehead atoms. The third-order valence-electron chi connectivity index (χ3n) is 4.54. The summed E-state index contributed by atoms with van der Waals surface area (Å²) in [6, 6.07) is 13.4. The molecule has 164 valence electrons. The molecule has 0 aliphatic carbocycles. The zero-order valence-corrected chi connectivity index (χ0v) is 16.7. The molecule has 0 saturated heterocycles. The quantitative estimate of drug-likeness (QED) is 0.437. The summed E-state index contributed by atoms with van der Waals surface area (Å²) < 4.78 is 50.8. The second-order valence-corrected chi connectivity index (χ2v) is 6.71. The number of oxazole rings is 1. The number of nitrogens with zero attached hydrogens (tertiary/aromatic N) is 2. The molecule has 2 heterocycles. The number of carbonyl (C=O) groups is 1. The molecule has 2 N–H and O–H groups in total. The second-order valence-electron chi connectivity index (χ2n) is 6.71. The molecule has 4 aromatic rings. The summed E-state index contributed by atoms with van der Waals surface area (Å²) in [4.78, 5) is 19.9. The molecule has 7 nitrogen and oxygen atoms in total. The van der Waals surface area contributed by atoms with Gasteiger partial charge in [0.05, 0.1) is 5.56 Å². The number of halogens is 3. The minimum absolute atomic E-state index is 0.0795. The van der Waals surface area contributed by atoms with Crippen molar-refractivity contribution >= 4 is 23.0 Å². The van der Waals surface area contributed by atoms with Crippen molar-refractivity contribution in [2.45, 2.75) is 12.7 Å². The number of ether oxygens (including phenoxy) is 1. The van der Waals surface area contributed by atoms with Gasteiger partial charge in [0.15, 0.2) is 5.58 Å². The number of alkyl halides is 3. The molecule has 2 aromatic heterocycles. The van der Waals surface area contributed by atoms with Crippen molar-refractivity contribution in [3.63, 3.8) is 0 Å². The number of hydrogen-bond donors (Lipinski definition) is 2. The number of anilines is 1. The number of pyridine rings is 1. The van der Waals surface area contributed by atoms with Crippen LogP contribution in [0.15, 0.2) is 65.2 Å². The van der Waals surface area contributed by atoms with Gasteiger partial charge in [-0.05, 0) is 29.8 Å². The van der Waals surface area contributed by atoms with E-state index in [1.54, 1.807) is 24.3 Å². The molecule has 0 saturated carbocycles. The normalized spacial score (nSPS) is 11.4. The Labute approximate surface area is 180 Å². The largest absolute Gasteiger partial charge is 0.457 e. The first-order valence-electron chi connectivity index (χ1n) is 9.49. The highest BCUT2D eigenvalue weighted by atomic mass is 19.4. The van der Waals surface area contributed by atoms with Gasteiger partial charge < -0.3 is 19.8 Å². The van der Waals surface area contributed by atoms with Gasteiger partial charge in [0.2, 0.25) is 0 Å². The monoisotopic (exact) mass is 442 g/mol. The molecule has 1 amide bonds. The Morgan fingerprint density at radius 2 is 1.88 bits per heavy atom. The van der Waals surface area contributed by atoms with Crippen LogP contribution in [0.1, 0.15) is 21.6 Å². The van der Waals surface area contributed by atoms with Crippen LogP contribution >= 0.6 is 0 Å². The molecule has 0 unspecified atom stereocenters. The van der Waals surface area contributed by atoms with Gasteiger partial charge in [0.25, 0.3) is 11.9 Å². The molecule has 32 heavy (non-hydrogen) atoms. The molecule has 0 spiro atoms. The Balaban J connectivity index is 1.50. The second kappa shape index (κ2) is 8.58. The summed E-state index contributed by atoms with van der Waals surface area (Å²) >= 11 is 0. The van der Waals surface area contributed by atoms with Gasteiger partial charge in [-0.3, -0.25) is 9.78 Å². The van der Waals surface area contributed by atoms with Gasteiger partial charge in [-0.25, -0.2) is 0 Å². The lowest BCUT2D eigenvalue weighted by Gasteiger charge is -2.12. The van der Waals surface area contributed by atoms with Gasteiger partial charge >= 0.3 is 6.18 Å². The molecule has 0 atom stereocenters. The number of carbonyl (C=O) groups excluding carboxylic acids is 1. The number of hydrogen-bond acceptors (Lipinski definition) is 6. The van der Waals surface area contributed by atoms with Crippen molar-refractivity contribution in [1.29, 1.82) is 0 Å². The summed E-state index contributed by atoms with van der Waals surface area (Å²) in [6.45, 7) is -0.106. The van der Waals surface area contributed by atoms with Crippen molar-refractivity contribution in [2.75, 3.05) is 12.4 Å². The van der Waals surface area contributed by atoms with Crippen LogP contribution in [0.4, 0.5) is 19.2 Å². The van der Waals surface area contributed by atoms with E-state index < -0.39 is 11.7 Å². The first-order chi connectivity index (χ1) is 15.3. The van der Waals surface area contributed by atoms with Crippen LogP contribution in [0.3, 0.4) is 0 Å². The van der Waals surface area contributed by atoms with E-state index in [1.807, 2.05) is 0 Å².